The molecular formula is C17H17Cl2NO2S. The van der Waals surface area contributed by atoms with Crippen LogP contribution in [0.25, 0.3) is 0 Å². The summed E-state index contributed by atoms with van der Waals surface area (Å²) in [6, 6.07) is 9.58. The van der Waals surface area contributed by atoms with Crippen molar-refractivity contribution in [3.63, 3.8) is 0 Å². The van der Waals surface area contributed by atoms with Gasteiger partial charge in [-0.3, -0.25) is 9.69 Å². The van der Waals surface area contributed by atoms with Gasteiger partial charge in [0, 0.05) is 21.5 Å². The summed E-state index contributed by atoms with van der Waals surface area (Å²) in [6.45, 7) is 1.40. The number of nitrogens with zero attached hydrogens (tertiary/aromatic N) is 1. The summed E-state index contributed by atoms with van der Waals surface area (Å²) >= 11 is 14.1. The summed E-state index contributed by atoms with van der Waals surface area (Å²) in [6.07, 6.45) is 1.61. The first kappa shape index (κ1) is 16.8. The second-order valence-corrected chi connectivity index (χ2v) is 7.58. The summed E-state index contributed by atoms with van der Waals surface area (Å²) in [7, 11) is 0. The van der Waals surface area contributed by atoms with Gasteiger partial charge in [0.1, 0.15) is 0 Å². The molecule has 6 heteroatoms. The van der Waals surface area contributed by atoms with Gasteiger partial charge in [-0.1, -0.05) is 35.3 Å². The average Bonchev–Trinajstić information content (AvgIpc) is 3.04. The number of likely N-dealkylation sites (tertiary alicyclic amines) is 1. The van der Waals surface area contributed by atoms with E-state index in [4.69, 9.17) is 23.2 Å². The third kappa shape index (κ3) is 3.72. The SMILES string of the molecule is O=C(O)C1CCCN(C(c2cccs2)c2ccc(Cl)cc2Cl)C1. The molecule has 1 fully saturated rings. The third-order valence-corrected chi connectivity index (χ3v) is 5.72. The van der Waals surface area contributed by atoms with Gasteiger partial charge < -0.3 is 5.11 Å². The van der Waals surface area contributed by atoms with E-state index >= 15 is 0 Å². The van der Waals surface area contributed by atoms with Gasteiger partial charge in [-0.05, 0) is 48.5 Å². The molecule has 2 aromatic rings. The Kier molecular flexibility index (Phi) is 5.27. The number of aliphatic carboxylic acids is 1. The van der Waals surface area contributed by atoms with Crippen LogP contribution in [-0.4, -0.2) is 29.1 Å². The number of carboxylic acids is 1. The van der Waals surface area contributed by atoms with Crippen LogP contribution in [0.4, 0.5) is 0 Å². The van der Waals surface area contributed by atoms with Crippen LogP contribution in [0.3, 0.4) is 0 Å². The Hall–Kier alpha value is -1.07. The van der Waals surface area contributed by atoms with Crippen molar-refractivity contribution in [2.75, 3.05) is 13.1 Å². The van der Waals surface area contributed by atoms with Gasteiger partial charge in [-0.2, -0.15) is 0 Å². The highest BCUT2D eigenvalue weighted by molar-refractivity contribution is 7.10. The zero-order chi connectivity index (χ0) is 16.4. The molecule has 0 radical (unpaired) electrons. The van der Waals surface area contributed by atoms with Gasteiger partial charge in [0.15, 0.2) is 0 Å². The van der Waals surface area contributed by atoms with E-state index < -0.39 is 5.97 Å². The largest absolute Gasteiger partial charge is 0.481 e. The topological polar surface area (TPSA) is 40.5 Å². The minimum Gasteiger partial charge on any atom is -0.481 e. The number of carbonyl (C=O) groups is 1. The molecule has 1 aliphatic rings. The lowest BCUT2D eigenvalue weighted by Gasteiger charge is -2.37. The van der Waals surface area contributed by atoms with Crippen molar-refractivity contribution in [3.05, 3.63) is 56.2 Å². The monoisotopic (exact) mass is 369 g/mol. The molecule has 0 bridgehead atoms. The predicted molar refractivity (Wildman–Crippen MR) is 94.6 cm³/mol. The maximum Gasteiger partial charge on any atom is 0.307 e. The second kappa shape index (κ2) is 7.22. The normalized spacial score (nSPS) is 20.3. The van der Waals surface area contributed by atoms with Crippen LogP contribution < -0.4 is 0 Å². The quantitative estimate of drug-likeness (QED) is 0.829. The number of thiophene rings is 1. The fraction of sp³-hybridized carbons (Fsp3) is 0.353. The molecule has 2 unspecified atom stereocenters. The number of halogens is 2. The van der Waals surface area contributed by atoms with Gasteiger partial charge >= 0.3 is 5.97 Å². The lowest BCUT2D eigenvalue weighted by atomic mass is 9.94. The third-order valence-electron chi connectivity index (χ3n) is 4.24. The first-order valence-corrected chi connectivity index (χ1v) is 9.15. The minimum atomic E-state index is -0.721. The van der Waals surface area contributed by atoms with Crippen LogP contribution in [0.2, 0.25) is 10.0 Å². The van der Waals surface area contributed by atoms with Crippen LogP contribution in [0, 0.1) is 5.92 Å². The lowest BCUT2D eigenvalue weighted by Crippen LogP contribution is -2.41. The van der Waals surface area contributed by atoms with E-state index in [9.17, 15) is 9.90 Å². The fourth-order valence-corrected chi connectivity index (χ4v) is 4.53. The summed E-state index contributed by atoms with van der Waals surface area (Å²) in [5.74, 6) is -1.04. The fourth-order valence-electron chi connectivity index (χ4n) is 3.14. The standard InChI is InChI=1S/C17H17Cl2NO2S/c18-12-5-6-13(14(19)9-12)16(15-4-2-8-23-15)20-7-1-3-11(10-20)17(21)22/h2,4-6,8-9,11,16H,1,3,7,10H2,(H,21,22). The van der Waals surface area contributed by atoms with Crippen LogP contribution >= 0.6 is 34.5 Å². The van der Waals surface area contributed by atoms with E-state index in [1.54, 1.807) is 17.4 Å². The molecule has 3 nitrogen and oxygen atoms in total. The Balaban J connectivity index is 1.98. The summed E-state index contributed by atoms with van der Waals surface area (Å²) < 4.78 is 0. The molecule has 122 valence electrons. The molecule has 1 saturated heterocycles. The molecule has 0 saturated carbocycles. The highest BCUT2D eigenvalue weighted by Gasteiger charge is 2.32. The number of piperidine rings is 1. The molecule has 2 heterocycles. The van der Waals surface area contributed by atoms with Crippen molar-refractivity contribution >= 4 is 40.5 Å². The molecule has 1 aliphatic heterocycles. The van der Waals surface area contributed by atoms with Crippen LogP contribution in [0.5, 0.6) is 0 Å². The van der Waals surface area contributed by atoms with Crippen LogP contribution in [-0.2, 0) is 4.79 Å². The molecule has 1 N–H and O–H groups in total. The zero-order valence-electron chi connectivity index (χ0n) is 12.4. The van der Waals surface area contributed by atoms with Crippen molar-refractivity contribution < 1.29 is 9.90 Å². The predicted octanol–water partition coefficient (Wildman–Crippen LogP) is 4.94. The highest BCUT2D eigenvalue weighted by atomic mass is 35.5. The molecule has 0 aliphatic carbocycles. The summed E-state index contributed by atoms with van der Waals surface area (Å²) in [5.41, 5.74) is 0.976. The van der Waals surface area contributed by atoms with Crippen molar-refractivity contribution in [2.45, 2.75) is 18.9 Å². The minimum absolute atomic E-state index is 0.0260. The second-order valence-electron chi connectivity index (χ2n) is 5.76. The van der Waals surface area contributed by atoms with Gasteiger partial charge in [0.05, 0.1) is 12.0 Å². The summed E-state index contributed by atoms with van der Waals surface area (Å²) in [5, 5.41) is 12.6. The van der Waals surface area contributed by atoms with Crippen molar-refractivity contribution in [1.29, 1.82) is 0 Å². The van der Waals surface area contributed by atoms with Crippen LogP contribution in [0.1, 0.15) is 29.3 Å². The Morgan fingerprint density at radius 2 is 2.17 bits per heavy atom. The van der Waals surface area contributed by atoms with Gasteiger partial charge in [-0.15, -0.1) is 11.3 Å². The van der Waals surface area contributed by atoms with Gasteiger partial charge in [0.2, 0.25) is 0 Å². The number of hydrogen-bond acceptors (Lipinski definition) is 3. The molecule has 2 atom stereocenters. The summed E-state index contributed by atoms with van der Waals surface area (Å²) in [4.78, 5) is 14.8. The van der Waals surface area contributed by atoms with E-state index in [0.717, 1.165) is 24.9 Å². The molecule has 3 rings (SSSR count). The van der Waals surface area contributed by atoms with Crippen molar-refractivity contribution in [3.8, 4) is 0 Å². The highest BCUT2D eigenvalue weighted by Crippen LogP contribution is 2.38. The Labute approximate surface area is 149 Å². The molecule has 1 aromatic heterocycles. The zero-order valence-corrected chi connectivity index (χ0v) is 14.7. The Bertz CT molecular complexity index is 690. The number of benzene rings is 1. The van der Waals surface area contributed by atoms with Gasteiger partial charge in [0.25, 0.3) is 0 Å². The number of hydrogen-bond donors (Lipinski definition) is 1. The maximum atomic E-state index is 11.4. The van der Waals surface area contributed by atoms with E-state index in [-0.39, 0.29) is 12.0 Å². The molecule has 0 amide bonds. The molecule has 0 spiro atoms. The first-order valence-electron chi connectivity index (χ1n) is 7.51. The van der Waals surface area contributed by atoms with Crippen molar-refractivity contribution in [2.24, 2.45) is 5.92 Å². The number of carboxylic acid groups (broad SMARTS) is 1. The van der Waals surface area contributed by atoms with E-state index in [1.165, 1.54) is 4.88 Å². The van der Waals surface area contributed by atoms with E-state index in [1.807, 2.05) is 23.6 Å². The van der Waals surface area contributed by atoms with Crippen LogP contribution in [0.15, 0.2) is 35.7 Å². The van der Waals surface area contributed by atoms with E-state index in [0.29, 0.717) is 16.6 Å². The Morgan fingerprint density at radius 3 is 2.83 bits per heavy atom. The lowest BCUT2D eigenvalue weighted by molar-refractivity contribution is -0.143. The smallest absolute Gasteiger partial charge is 0.307 e. The molecular weight excluding hydrogens is 353 g/mol. The van der Waals surface area contributed by atoms with E-state index in [2.05, 4.69) is 11.0 Å². The first-order chi connectivity index (χ1) is 11.1. The van der Waals surface area contributed by atoms with Crippen molar-refractivity contribution in [1.82, 2.24) is 4.90 Å². The average molecular weight is 370 g/mol. The number of rotatable bonds is 4. The molecule has 1 aromatic carbocycles. The molecule has 23 heavy (non-hydrogen) atoms. The van der Waals surface area contributed by atoms with Gasteiger partial charge in [-0.25, -0.2) is 0 Å². The Morgan fingerprint density at radius 1 is 1.35 bits per heavy atom. The maximum absolute atomic E-state index is 11.4.